The lowest BCUT2D eigenvalue weighted by Crippen LogP contribution is -2.40. The Morgan fingerprint density at radius 3 is 2.85 bits per heavy atom. The van der Waals surface area contributed by atoms with Gasteiger partial charge in [-0.25, -0.2) is 18.1 Å². The third kappa shape index (κ3) is 4.39. The van der Waals surface area contributed by atoms with Gasteiger partial charge < -0.3 is 4.90 Å². The van der Waals surface area contributed by atoms with Gasteiger partial charge in [0, 0.05) is 37.1 Å². The highest BCUT2D eigenvalue weighted by molar-refractivity contribution is 7.88. The third-order valence-electron chi connectivity index (χ3n) is 3.37. The number of piperidine rings is 1. The van der Waals surface area contributed by atoms with E-state index in [1.807, 2.05) is 0 Å². The topological polar surface area (TPSA) is 75.2 Å². The van der Waals surface area contributed by atoms with Crippen LogP contribution in [0.3, 0.4) is 0 Å². The number of aromatic nitrogens is 2. The van der Waals surface area contributed by atoms with Crippen molar-refractivity contribution in [2.24, 2.45) is 5.92 Å². The van der Waals surface area contributed by atoms with Crippen molar-refractivity contribution in [1.82, 2.24) is 14.1 Å². The minimum Gasteiger partial charge on any atom is -0.347 e. The van der Waals surface area contributed by atoms with Crippen LogP contribution in [0.5, 0.6) is 0 Å². The molecule has 8 heteroatoms. The zero-order valence-electron chi connectivity index (χ0n) is 12.2. The third-order valence-corrected chi connectivity index (χ3v) is 4.85. The largest absolute Gasteiger partial charge is 0.347 e. The molecule has 2 heterocycles. The molecule has 114 valence electrons. The Kier molecular flexibility index (Phi) is 4.98. The van der Waals surface area contributed by atoms with Crippen molar-refractivity contribution < 1.29 is 8.42 Å². The molecule has 20 heavy (non-hydrogen) atoms. The summed E-state index contributed by atoms with van der Waals surface area (Å²) < 4.78 is 29.3. The average molecular weight is 318 g/mol. The summed E-state index contributed by atoms with van der Waals surface area (Å²) in [5.74, 6) is 1.57. The predicted octanol–water partition coefficient (Wildman–Crippen LogP) is 1.43. The van der Waals surface area contributed by atoms with Crippen LogP contribution in [0, 0.1) is 5.92 Å². The number of rotatable bonds is 5. The van der Waals surface area contributed by atoms with Gasteiger partial charge >= 0.3 is 0 Å². The van der Waals surface area contributed by atoms with Gasteiger partial charge in [-0.05, 0) is 18.8 Å². The van der Waals surface area contributed by atoms with Gasteiger partial charge in [0.25, 0.3) is 0 Å². The second-order valence-electron chi connectivity index (χ2n) is 5.66. The lowest BCUT2D eigenvalue weighted by molar-refractivity contribution is 0.411. The predicted molar refractivity (Wildman–Crippen MR) is 81.8 cm³/mol. The maximum absolute atomic E-state index is 11.2. The Morgan fingerprint density at radius 2 is 2.25 bits per heavy atom. The van der Waals surface area contributed by atoms with Crippen molar-refractivity contribution in [3.63, 3.8) is 0 Å². The van der Waals surface area contributed by atoms with E-state index >= 15 is 0 Å². The fourth-order valence-corrected chi connectivity index (χ4v) is 3.64. The first kappa shape index (κ1) is 15.7. The fraction of sp³-hybridized carbons (Fsp3) is 0.833. The van der Waals surface area contributed by atoms with Gasteiger partial charge in [0.15, 0.2) is 0 Å². The van der Waals surface area contributed by atoms with E-state index in [4.69, 9.17) is 0 Å². The molecule has 0 aliphatic carbocycles. The molecule has 1 N–H and O–H groups in total. The highest BCUT2D eigenvalue weighted by atomic mass is 32.2. The molecule has 1 aromatic rings. The first-order valence-electron chi connectivity index (χ1n) is 6.88. The van der Waals surface area contributed by atoms with E-state index in [0.717, 1.165) is 36.9 Å². The summed E-state index contributed by atoms with van der Waals surface area (Å²) in [6.45, 7) is 6.49. The Balaban J connectivity index is 1.95. The number of nitrogens with zero attached hydrogens (tertiary/aromatic N) is 3. The van der Waals surface area contributed by atoms with Crippen LogP contribution in [-0.2, 0) is 10.0 Å². The maximum atomic E-state index is 11.2. The van der Waals surface area contributed by atoms with Gasteiger partial charge in [0.1, 0.15) is 5.82 Å². The van der Waals surface area contributed by atoms with Crippen LogP contribution in [0.15, 0.2) is 0 Å². The zero-order chi connectivity index (χ0) is 14.8. The lowest BCUT2D eigenvalue weighted by atomic mass is 9.99. The highest BCUT2D eigenvalue weighted by Crippen LogP contribution is 2.26. The molecular weight excluding hydrogens is 296 g/mol. The van der Waals surface area contributed by atoms with E-state index in [2.05, 4.69) is 32.8 Å². The first-order valence-corrected chi connectivity index (χ1v) is 9.55. The molecule has 0 bridgehead atoms. The molecule has 1 fully saturated rings. The van der Waals surface area contributed by atoms with Crippen LogP contribution < -0.4 is 9.62 Å². The van der Waals surface area contributed by atoms with Gasteiger partial charge in [-0.15, -0.1) is 0 Å². The molecule has 6 nitrogen and oxygen atoms in total. The van der Waals surface area contributed by atoms with Crippen molar-refractivity contribution in [3.05, 3.63) is 5.82 Å². The number of anilines is 1. The smallest absolute Gasteiger partial charge is 0.208 e. The van der Waals surface area contributed by atoms with E-state index < -0.39 is 10.0 Å². The van der Waals surface area contributed by atoms with Crippen LogP contribution in [0.1, 0.15) is 38.4 Å². The first-order chi connectivity index (χ1) is 9.35. The molecule has 0 unspecified atom stereocenters. The van der Waals surface area contributed by atoms with Crippen molar-refractivity contribution >= 4 is 26.7 Å². The summed E-state index contributed by atoms with van der Waals surface area (Å²) in [6, 6.07) is 0. The summed E-state index contributed by atoms with van der Waals surface area (Å²) >= 11 is 1.44. The molecule has 1 aromatic heterocycles. The van der Waals surface area contributed by atoms with E-state index in [-0.39, 0.29) is 0 Å². The quantitative estimate of drug-likeness (QED) is 0.889. The van der Waals surface area contributed by atoms with E-state index in [0.29, 0.717) is 18.4 Å². The molecule has 1 aliphatic heterocycles. The standard InChI is InChI=1S/C12H22N4O2S2/c1-9(2)11-14-12(19-15-11)16-6-4-5-10(8-16)7-13-20(3,17)18/h9-10,13H,4-8H2,1-3H3/t10-/m0/s1. The molecule has 1 atom stereocenters. The van der Waals surface area contributed by atoms with Crippen LogP contribution in [-0.4, -0.2) is 43.7 Å². The molecular formula is C12H22N4O2S2. The lowest BCUT2D eigenvalue weighted by Gasteiger charge is -2.32. The minimum atomic E-state index is -3.11. The Labute approximate surface area is 124 Å². The van der Waals surface area contributed by atoms with Gasteiger partial charge in [0.05, 0.1) is 6.26 Å². The molecule has 0 spiro atoms. The summed E-state index contributed by atoms with van der Waals surface area (Å²) in [4.78, 5) is 6.80. The van der Waals surface area contributed by atoms with Gasteiger partial charge in [0.2, 0.25) is 15.2 Å². The SMILES string of the molecule is CC(C)c1nsc(N2CCC[C@@H](CNS(C)(=O)=O)C2)n1. The van der Waals surface area contributed by atoms with Gasteiger partial charge in [-0.3, -0.25) is 0 Å². The van der Waals surface area contributed by atoms with Crippen molar-refractivity contribution in [1.29, 1.82) is 0 Å². The Bertz CT molecular complexity index is 541. The number of nitrogens with one attached hydrogen (secondary N) is 1. The van der Waals surface area contributed by atoms with E-state index in [1.54, 1.807) is 0 Å². The molecule has 0 amide bonds. The molecule has 0 aromatic carbocycles. The summed E-state index contributed by atoms with van der Waals surface area (Å²) in [5.41, 5.74) is 0. The maximum Gasteiger partial charge on any atom is 0.208 e. The number of hydrogen-bond acceptors (Lipinski definition) is 6. The minimum absolute atomic E-state index is 0.338. The van der Waals surface area contributed by atoms with Gasteiger partial charge in [-0.2, -0.15) is 4.37 Å². The fourth-order valence-electron chi connectivity index (χ4n) is 2.26. The van der Waals surface area contributed by atoms with Crippen molar-refractivity contribution in [2.45, 2.75) is 32.6 Å². The Morgan fingerprint density at radius 1 is 1.50 bits per heavy atom. The van der Waals surface area contributed by atoms with Gasteiger partial charge in [-0.1, -0.05) is 13.8 Å². The van der Waals surface area contributed by atoms with Crippen molar-refractivity contribution in [2.75, 3.05) is 30.8 Å². The van der Waals surface area contributed by atoms with Crippen LogP contribution in [0.25, 0.3) is 0 Å². The summed E-state index contributed by atoms with van der Waals surface area (Å²) in [7, 11) is -3.11. The van der Waals surface area contributed by atoms with Crippen LogP contribution in [0.2, 0.25) is 0 Å². The second kappa shape index (κ2) is 6.36. The second-order valence-corrected chi connectivity index (χ2v) is 8.23. The van der Waals surface area contributed by atoms with E-state index in [9.17, 15) is 8.42 Å². The van der Waals surface area contributed by atoms with E-state index in [1.165, 1.54) is 17.8 Å². The molecule has 1 saturated heterocycles. The zero-order valence-corrected chi connectivity index (χ0v) is 13.8. The number of sulfonamides is 1. The molecule has 2 rings (SSSR count). The van der Waals surface area contributed by atoms with Crippen LogP contribution >= 0.6 is 11.5 Å². The van der Waals surface area contributed by atoms with Crippen molar-refractivity contribution in [3.8, 4) is 0 Å². The molecule has 0 saturated carbocycles. The monoisotopic (exact) mass is 318 g/mol. The molecule has 0 radical (unpaired) electrons. The summed E-state index contributed by atoms with van der Waals surface area (Å²) in [6.07, 6.45) is 3.31. The normalized spacial score (nSPS) is 20.6. The Hall–Kier alpha value is -0.730. The molecule has 1 aliphatic rings. The summed E-state index contributed by atoms with van der Waals surface area (Å²) in [5, 5.41) is 0.956. The highest BCUT2D eigenvalue weighted by Gasteiger charge is 2.23. The average Bonchev–Trinajstić information content (AvgIpc) is 2.86. The van der Waals surface area contributed by atoms with Crippen LogP contribution in [0.4, 0.5) is 5.13 Å². The number of hydrogen-bond donors (Lipinski definition) is 1.